The second-order valence-electron chi connectivity index (χ2n) is 1.14. The maximum absolute atomic E-state index is 9.60. The van der Waals surface area contributed by atoms with E-state index in [0.717, 1.165) is 6.42 Å². The molecule has 0 saturated carbocycles. The largest absolute Gasteiger partial charge is 0.481 e. The predicted octanol–water partition coefficient (Wildman–Crippen LogP) is 0.490. The van der Waals surface area contributed by atoms with Crippen molar-refractivity contribution in [2.45, 2.75) is 19.8 Å². The molecule has 0 spiro atoms. The minimum Gasteiger partial charge on any atom is -0.481 e. The summed E-state index contributed by atoms with van der Waals surface area (Å²) in [6.07, 6.45) is 1.02. The van der Waals surface area contributed by atoms with Crippen molar-refractivity contribution in [1.29, 1.82) is 0 Å². The summed E-state index contributed by atoms with van der Waals surface area (Å²) >= 11 is 0. The van der Waals surface area contributed by atoms with Gasteiger partial charge in [-0.3, -0.25) is 4.79 Å². The van der Waals surface area contributed by atoms with Gasteiger partial charge in [0.15, 0.2) is 0 Å². The van der Waals surface area contributed by atoms with E-state index in [1.54, 1.807) is 0 Å². The van der Waals surface area contributed by atoms with Gasteiger partial charge < -0.3 is 5.11 Å². The summed E-state index contributed by atoms with van der Waals surface area (Å²) in [6.45, 7) is 1.84. The minimum atomic E-state index is -0.711. The van der Waals surface area contributed by atoms with Crippen molar-refractivity contribution in [3.05, 3.63) is 0 Å². The molecule has 0 aromatic rings. The number of carbonyl (C=O) groups is 1. The molecule has 0 heterocycles. The molecule has 0 aliphatic carbocycles. The average molecular weight is 176 g/mol. The van der Waals surface area contributed by atoms with E-state index < -0.39 is 5.97 Å². The molecule has 0 aromatic heterocycles. The van der Waals surface area contributed by atoms with Gasteiger partial charge in [0, 0.05) is 51.9 Å². The van der Waals surface area contributed by atoms with Crippen LogP contribution in [0.2, 0.25) is 0 Å². The molecule has 3 heteroatoms. The number of rotatable bonds is 2. The minimum absolute atomic E-state index is 0. The summed E-state index contributed by atoms with van der Waals surface area (Å²) < 4.78 is 0. The second kappa shape index (κ2) is 6.95. The predicted molar refractivity (Wildman–Crippen MR) is 28.3 cm³/mol. The first-order valence-corrected chi connectivity index (χ1v) is 1.99. The fourth-order valence-corrected chi connectivity index (χ4v) is 0.214. The van der Waals surface area contributed by atoms with Crippen LogP contribution in [0.25, 0.3) is 0 Å². The number of hydrogen-bond acceptors (Lipinski definition) is 1. The summed E-state index contributed by atoms with van der Waals surface area (Å²) in [5.41, 5.74) is 0. The first-order chi connectivity index (χ1) is 2.77. The SMILES string of the molecule is CCCC(=O)O.[Sr]. The van der Waals surface area contributed by atoms with Gasteiger partial charge in [-0.05, 0) is 6.42 Å². The molecule has 0 fully saturated rings. The topological polar surface area (TPSA) is 37.3 Å². The van der Waals surface area contributed by atoms with Gasteiger partial charge in [0.05, 0.1) is 0 Å². The zero-order valence-corrected chi connectivity index (χ0v) is 7.95. The van der Waals surface area contributed by atoms with Crippen molar-refractivity contribution in [3.63, 3.8) is 0 Å². The molecule has 2 nitrogen and oxygen atoms in total. The van der Waals surface area contributed by atoms with E-state index in [4.69, 9.17) is 5.11 Å². The van der Waals surface area contributed by atoms with Crippen LogP contribution in [0.1, 0.15) is 19.8 Å². The van der Waals surface area contributed by atoms with Crippen molar-refractivity contribution in [2.24, 2.45) is 0 Å². The molecule has 1 N–H and O–H groups in total. The first kappa shape index (κ1) is 10.8. The van der Waals surface area contributed by atoms with Crippen LogP contribution in [0.5, 0.6) is 0 Å². The normalized spacial score (nSPS) is 7.00. The monoisotopic (exact) mass is 176 g/mol. The number of carboxylic acids is 1. The molecule has 0 aromatic carbocycles. The van der Waals surface area contributed by atoms with E-state index in [1.165, 1.54) is 0 Å². The van der Waals surface area contributed by atoms with Gasteiger partial charge in [0.1, 0.15) is 0 Å². The second-order valence-corrected chi connectivity index (χ2v) is 1.14. The summed E-state index contributed by atoms with van der Waals surface area (Å²) in [7, 11) is 0. The van der Waals surface area contributed by atoms with E-state index >= 15 is 0 Å². The van der Waals surface area contributed by atoms with Crippen LogP contribution in [0.4, 0.5) is 0 Å². The summed E-state index contributed by atoms with van der Waals surface area (Å²) in [5, 5.41) is 7.91. The van der Waals surface area contributed by atoms with Gasteiger partial charge in [-0.25, -0.2) is 0 Å². The molecule has 0 saturated heterocycles. The maximum Gasteiger partial charge on any atom is 0.303 e. The number of carboxylic acid groups (broad SMARTS) is 1. The average Bonchev–Trinajstić information content (AvgIpc) is 1.35. The van der Waals surface area contributed by atoms with Gasteiger partial charge in [-0.2, -0.15) is 0 Å². The Hall–Kier alpha value is 0.951. The summed E-state index contributed by atoms with van der Waals surface area (Å²) in [5.74, 6) is -0.711. The van der Waals surface area contributed by atoms with Crippen LogP contribution in [0, 0.1) is 0 Å². The molecule has 0 unspecified atom stereocenters. The maximum atomic E-state index is 9.60. The third kappa shape index (κ3) is 10.9. The molecule has 38 valence electrons. The fraction of sp³-hybridized carbons (Fsp3) is 0.750. The van der Waals surface area contributed by atoms with E-state index in [-0.39, 0.29) is 45.5 Å². The van der Waals surface area contributed by atoms with Crippen LogP contribution < -0.4 is 0 Å². The Labute approximate surface area is 80.2 Å². The standard InChI is InChI=1S/C4H8O2.Sr/c1-2-3-4(5)6;/h2-3H2,1H3,(H,5,6);. The van der Waals surface area contributed by atoms with E-state index in [9.17, 15) is 4.79 Å². The molecule has 2 radical (unpaired) electrons. The summed E-state index contributed by atoms with van der Waals surface area (Å²) in [4.78, 5) is 9.60. The molecular formula is C4H8O2Sr. The Morgan fingerprint density at radius 3 is 2.14 bits per heavy atom. The Morgan fingerprint density at radius 1 is 1.71 bits per heavy atom. The number of aliphatic carboxylic acids is 1. The van der Waals surface area contributed by atoms with Crippen LogP contribution in [-0.4, -0.2) is 56.6 Å². The van der Waals surface area contributed by atoms with Crippen molar-refractivity contribution < 1.29 is 9.90 Å². The van der Waals surface area contributed by atoms with Gasteiger partial charge in [-0.15, -0.1) is 0 Å². The van der Waals surface area contributed by atoms with Crippen LogP contribution in [0.15, 0.2) is 0 Å². The van der Waals surface area contributed by atoms with Crippen molar-refractivity contribution in [2.75, 3.05) is 0 Å². The molecule has 7 heavy (non-hydrogen) atoms. The van der Waals surface area contributed by atoms with Gasteiger partial charge >= 0.3 is 5.97 Å². The Kier molecular flexibility index (Phi) is 10.8. The van der Waals surface area contributed by atoms with Crippen molar-refractivity contribution in [1.82, 2.24) is 0 Å². The van der Waals surface area contributed by atoms with E-state index in [0.29, 0.717) is 6.42 Å². The molecule has 0 amide bonds. The molecule has 0 rings (SSSR count). The summed E-state index contributed by atoms with van der Waals surface area (Å²) in [6, 6.07) is 0. The molecule has 0 aliphatic rings. The van der Waals surface area contributed by atoms with Crippen molar-refractivity contribution >= 4 is 51.5 Å². The van der Waals surface area contributed by atoms with Gasteiger partial charge in [-0.1, -0.05) is 6.92 Å². The number of hydrogen-bond donors (Lipinski definition) is 1. The van der Waals surface area contributed by atoms with Crippen LogP contribution >= 0.6 is 0 Å². The van der Waals surface area contributed by atoms with Gasteiger partial charge in [0.2, 0.25) is 0 Å². The Bertz CT molecular complexity index is 53.7. The van der Waals surface area contributed by atoms with Gasteiger partial charge in [0.25, 0.3) is 0 Å². The zero-order chi connectivity index (χ0) is 4.99. The van der Waals surface area contributed by atoms with Crippen molar-refractivity contribution in [3.8, 4) is 0 Å². The third-order valence-electron chi connectivity index (χ3n) is 0.464. The Morgan fingerprint density at radius 2 is 2.14 bits per heavy atom. The Balaban J connectivity index is 0. The first-order valence-electron chi connectivity index (χ1n) is 1.99. The zero-order valence-electron chi connectivity index (χ0n) is 4.48. The smallest absolute Gasteiger partial charge is 0.303 e. The quantitative estimate of drug-likeness (QED) is 0.621. The molecule has 0 bridgehead atoms. The molecule has 0 atom stereocenters. The van der Waals surface area contributed by atoms with Crippen LogP contribution in [0.3, 0.4) is 0 Å². The molecular weight excluding hydrogens is 168 g/mol. The van der Waals surface area contributed by atoms with Crippen LogP contribution in [-0.2, 0) is 4.79 Å². The fourth-order valence-electron chi connectivity index (χ4n) is 0.214. The third-order valence-corrected chi connectivity index (χ3v) is 0.464. The van der Waals surface area contributed by atoms with E-state index in [2.05, 4.69) is 0 Å². The van der Waals surface area contributed by atoms with E-state index in [1.807, 2.05) is 6.92 Å². The molecule has 0 aliphatic heterocycles.